The van der Waals surface area contributed by atoms with Gasteiger partial charge in [0.2, 0.25) is 5.95 Å². The van der Waals surface area contributed by atoms with Gasteiger partial charge in [-0.15, -0.1) is 11.3 Å². The van der Waals surface area contributed by atoms with E-state index in [0.29, 0.717) is 0 Å². The van der Waals surface area contributed by atoms with Crippen molar-refractivity contribution in [2.24, 2.45) is 5.92 Å². The number of aromatic nitrogens is 2. The molecule has 0 amide bonds. The van der Waals surface area contributed by atoms with Crippen molar-refractivity contribution in [3.8, 4) is 10.4 Å². The summed E-state index contributed by atoms with van der Waals surface area (Å²) in [6, 6.07) is 14.2. The standard InChI is InChI=1S/C21H21N3OS/c1-15-3-8-19(26-15)16-4-6-17(7-5-16)20(25)18-9-13-24(14-10-18)21-22-11-2-12-23-21/h2-8,11-12,18H,9-10,13-14H2,1H3. The van der Waals surface area contributed by atoms with Gasteiger partial charge in [-0.2, -0.15) is 0 Å². The average molecular weight is 363 g/mol. The molecule has 3 aromatic rings. The second-order valence-electron chi connectivity index (χ2n) is 6.66. The molecule has 5 heteroatoms. The number of benzene rings is 1. The first-order valence-electron chi connectivity index (χ1n) is 8.94. The van der Waals surface area contributed by atoms with Gasteiger partial charge in [-0.3, -0.25) is 4.79 Å². The van der Waals surface area contributed by atoms with Crippen LogP contribution in [0.5, 0.6) is 0 Å². The summed E-state index contributed by atoms with van der Waals surface area (Å²) < 4.78 is 0. The zero-order valence-electron chi connectivity index (χ0n) is 14.8. The molecule has 1 aliphatic rings. The highest BCUT2D eigenvalue weighted by molar-refractivity contribution is 7.15. The maximum Gasteiger partial charge on any atom is 0.225 e. The molecule has 0 saturated carbocycles. The molecule has 0 N–H and O–H groups in total. The molecule has 26 heavy (non-hydrogen) atoms. The summed E-state index contributed by atoms with van der Waals surface area (Å²) in [5.74, 6) is 1.10. The molecule has 132 valence electrons. The van der Waals surface area contributed by atoms with Crippen molar-refractivity contribution in [1.82, 2.24) is 9.97 Å². The number of anilines is 1. The molecule has 2 aromatic heterocycles. The Morgan fingerprint density at radius 1 is 1.04 bits per heavy atom. The molecule has 1 saturated heterocycles. The second-order valence-corrected chi connectivity index (χ2v) is 7.95. The Kier molecular flexibility index (Phi) is 4.80. The van der Waals surface area contributed by atoms with Crippen LogP contribution in [0, 0.1) is 12.8 Å². The van der Waals surface area contributed by atoms with Crippen molar-refractivity contribution >= 4 is 23.1 Å². The van der Waals surface area contributed by atoms with E-state index in [1.165, 1.54) is 15.3 Å². The molecule has 0 aliphatic carbocycles. The number of piperidine rings is 1. The highest BCUT2D eigenvalue weighted by Crippen LogP contribution is 2.29. The number of carbonyl (C=O) groups is 1. The van der Waals surface area contributed by atoms with E-state index >= 15 is 0 Å². The summed E-state index contributed by atoms with van der Waals surface area (Å²) in [6.45, 7) is 3.76. The zero-order valence-corrected chi connectivity index (χ0v) is 15.6. The summed E-state index contributed by atoms with van der Waals surface area (Å²) in [4.78, 5) is 26.2. The van der Waals surface area contributed by atoms with Crippen molar-refractivity contribution in [3.63, 3.8) is 0 Å². The molecule has 1 fully saturated rings. The van der Waals surface area contributed by atoms with Gasteiger partial charge in [-0.05, 0) is 43.5 Å². The van der Waals surface area contributed by atoms with Gasteiger partial charge in [0.25, 0.3) is 0 Å². The number of thiophene rings is 1. The van der Waals surface area contributed by atoms with Gasteiger partial charge in [0.05, 0.1) is 0 Å². The number of rotatable bonds is 4. The molecule has 4 rings (SSSR count). The van der Waals surface area contributed by atoms with E-state index < -0.39 is 0 Å². The molecule has 0 bridgehead atoms. The number of nitrogens with zero attached hydrogens (tertiary/aromatic N) is 3. The number of hydrogen-bond donors (Lipinski definition) is 0. The first-order valence-corrected chi connectivity index (χ1v) is 9.75. The molecule has 0 radical (unpaired) electrons. The molecule has 0 atom stereocenters. The van der Waals surface area contributed by atoms with Crippen LogP contribution in [0.4, 0.5) is 5.95 Å². The third kappa shape index (κ3) is 3.53. The van der Waals surface area contributed by atoms with E-state index in [1.54, 1.807) is 23.7 Å². The fourth-order valence-electron chi connectivity index (χ4n) is 3.42. The highest BCUT2D eigenvalue weighted by atomic mass is 32.1. The van der Waals surface area contributed by atoms with Gasteiger partial charge in [0.1, 0.15) is 0 Å². The van der Waals surface area contributed by atoms with Crippen molar-refractivity contribution in [1.29, 1.82) is 0 Å². The molecular formula is C21H21N3OS. The quantitative estimate of drug-likeness (QED) is 0.635. The molecule has 1 aromatic carbocycles. The zero-order chi connectivity index (χ0) is 17.9. The smallest absolute Gasteiger partial charge is 0.225 e. The minimum atomic E-state index is 0.0878. The topological polar surface area (TPSA) is 46.1 Å². The highest BCUT2D eigenvalue weighted by Gasteiger charge is 2.26. The Bertz CT molecular complexity index is 881. The van der Waals surface area contributed by atoms with Gasteiger partial charge in [0.15, 0.2) is 5.78 Å². The monoisotopic (exact) mass is 363 g/mol. The SMILES string of the molecule is Cc1ccc(-c2ccc(C(=O)C3CCN(c4ncccn4)CC3)cc2)s1. The molecule has 1 aliphatic heterocycles. The lowest BCUT2D eigenvalue weighted by Crippen LogP contribution is -2.37. The van der Waals surface area contributed by atoms with Crippen molar-refractivity contribution in [2.45, 2.75) is 19.8 Å². The van der Waals surface area contributed by atoms with Crippen LogP contribution in [-0.2, 0) is 0 Å². The maximum absolute atomic E-state index is 12.8. The Hall–Kier alpha value is -2.53. The van der Waals surface area contributed by atoms with Gasteiger partial charge >= 0.3 is 0 Å². The van der Waals surface area contributed by atoms with Gasteiger partial charge in [-0.25, -0.2) is 9.97 Å². The molecule has 0 spiro atoms. The van der Waals surface area contributed by atoms with Gasteiger partial charge < -0.3 is 4.90 Å². The van der Waals surface area contributed by atoms with Crippen LogP contribution in [0.1, 0.15) is 28.1 Å². The first-order chi connectivity index (χ1) is 12.7. The summed E-state index contributed by atoms with van der Waals surface area (Å²) in [5.41, 5.74) is 1.99. The number of aryl methyl sites for hydroxylation is 1. The van der Waals surface area contributed by atoms with Gasteiger partial charge in [0, 0.05) is 46.7 Å². The van der Waals surface area contributed by atoms with Crippen LogP contribution in [0.2, 0.25) is 0 Å². The van der Waals surface area contributed by atoms with E-state index in [-0.39, 0.29) is 11.7 Å². The number of Topliss-reactive ketones (excluding diaryl/α,β-unsaturated/α-hetero) is 1. The Labute approximate surface area is 157 Å². The third-order valence-corrected chi connectivity index (χ3v) is 5.94. The van der Waals surface area contributed by atoms with E-state index in [1.807, 2.05) is 18.2 Å². The lowest BCUT2D eigenvalue weighted by atomic mass is 9.88. The number of ketones is 1. The summed E-state index contributed by atoms with van der Waals surface area (Å²) in [6.07, 6.45) is 5.22. The predicted molar refractivity (Wildman–Crippen MR) is 106 cm³/mol. The largest absolute Gasteiger partial charge is 0.341 e. The van der Waals surface area contributed by atoms with Crippen LogP contribution >= 0.6 is 11.3 Å². The summed E-state index contributed by atoms with van der Waals surface area (Å²) in [7, 11) is 0. The third-order valence-electron chi connectivity index (χ3n) is 4.90. The van der Waals surface area contributed by atoms with Crippen LogP contribution in [0.15, 0.2) is 54.9 Å². The summed E-state index contributed by atoms with van der Waals surface area (Å²) in [5, 5.41) is 0. The van der Waals surface area contributed by atoms with Crippen LogP contribution < -0.4 is 4.90 Å². The Morgan fingerprint density at radius 3 is 2.35 bits per heavy atom. The Morgan fingerprint density at radius 2 is 1.73 bits per heavy atom. The van der Waals surface area contributed by atoms with Gasteiger partial charge in [-0.1, -0.05) is 24.3 Å². The summed E-state index contributed by atoms with van der Waals surface area (Å²) >= 11 is 1.78. The maximum atomic E-state index is 12.8. The molecule has 0 unspecified atom stereocenters. The van der Waals surface area contributed by atoms with E-state index in [9.17, 15) is 4.79 Å². The van der Waals surface area contributed by atoms with Crippen LogP contribution in [0.3, 0.4) is 0 Å². The normalized spacial score (nSPS) is 15.2. The predicted octanol–water partition coefficient (Wildman–Crippen LogP) is 4.61. The molecule has 3 heterocycles. The fourth-order valence-corrected chi connectivity index (χ4v) is 4.29. The Balaban J connectivity index is 1.40. The van der Waals surface area contributed by atoms with Crippen molar-refractivity contribution in [2.75, 3.05) is 18.0 Å². The minimum Gasteiger partial charge on any atom is -0.341 e. The molecule has 4 nitrogen and oxygen atoms in total. The first kappa shape index (κ1) is 16.9. The minimum absolute atomic E-state index is 0.0878. The number of carbonyl (C=O) groups excluding carboxylic acids is 1. The lowest BCUT2D eigenvalue weighted by Gasteiger charge is -2.31. The van der Waals surface area contributed by atoms with E-state index in [4.69, 9.17) is 0 Å². The lowest BCUT2D eigenvalue weighted by molar-refractivity contribution is 0.0900. The van der Waals surface area contributed by atoms with E-state index in [0.717, 1.165) is 37.4 Å². The van der Waals surface area contributed by atoms with Crippen LogP contribution in [0.25, 0.3) is 10.4 Å². The number of hydrogen-bond acceptors (Lipinski definition) is 5. The van der Waals surface area contributed by atoms with E-state index in [2.05, 4.69) is 46.1 Å². The van der Waals surface area contributed by atoms with Crippen molar-refractivity contribution < 1.29 is 4.79 Å². The average Bonchev–Trinajstić information content (AvgIpc) is 3.15. The van der Waals surface area contributed by atoms with Crippen molar-refractivity contribution in [3.05, 3.63) is 65.3 Å². The van der Waals surface area contributed by atoms with Crippen LogP contribution in [-0.4, -0.2) is 28.8 Å². The fraction of sp³-hybridized carbons (Fsp3) is 0.286. The second kappa shape index (κ2) is 7.38. The molecular weight excluding hydrogens is 342 g/mol.